The average Bonchev–Trinajstić information content (AvgIpc) is 3.52. The van der Waals surface area contributed by atoms with Crippen molar-refractivity contribution in [1.82, 2.24) is 20.2 Å². The van der Waals surface area contributed by atoms with Crippen LogP contribution in [0.25, 0.3) is 11.0 Å². The van der Waals surface area contributed by atoms with Gasteiger partial charge in [-0.25, -0.2) is 9.78 Å². The molecule has 3 heterocycles. The molecule has 2 aromatic rings. The van der Waals surface area contributed by atoms with E-state index in [0.717, 1.165) is 48.0 Å². The molecule has 3 fully saturated rings. The highest BCUT2D eigenvalue weighted by atomic mass is 16.7. The van der Waals surface area contributed by atoms with Crippen molar-refractivity contribution in [3.63, 3.8) is 0 Å². The Kier molecular flexibility index (Phi) is 7.01. The van der Waals surface area contributed by atoms with Crippen molar-refractivity contribution < 1.29 is 23.6 Å². The number of carbonyl (C=O) groups excluding carboxylic acids is 2. The number of imidazole rings is 1. The maximum atomic E-state index is 14.0. The van der Waals surface area contributed by atoms with Crippen molar-refractivity contribution in [2.45, 2.75) is 103 Å². The van der Waals surface area contributed by atoms with Gasteiger partial charge in [-0.05, 0) is 76.4 Å². The van der Waals surface area contributed by atoms with Gasteiger partial charge in [0.2, 0.25) is 5.91 Å². The van der Waals surface area contributed by atoms with Gasteiger partial charge in [-0.3, -0.25) is 4.79 Å². The third-order valence-electron chi connectivity index (χ3n) is 9.10. The molecule has 0 radical (unpaired) electrons. The van der Waals surface area contributed by atoms with Crippen LogP contribution < -0.4 is 10.8 Å². The van der Waals surface area contributed by atoms with Crippen LogP contribution in [0.1, 0.15) is 85.5 Å². The molecule has 0 spiro atoms. The van der Waals surface area contributed by atoms with Crippen molar-refractivity contribution in [3.05, 3.63) is 24.0 Å². The number of benzene rings is 1. The van der Waals surface area contributed by atoms with E-state index in [1.807, 2.05) is 64.6 Å². The fraction of sp³-hybridized carbons (Fsp3) is 0.679. The summed E-state index contributed by atoms with van der Waals surface area (Å²) in [5.41, 5.74) is 1.83. The zero-order chi connectivity index (χ0) is 27.4. The zero-order valence-electron chi connectivity index (χ0n) is 23.7. The Morgan fingerprint density at radius 3 is 2.50 bits per heavy atom. The summed E-state index contributed by atoms with van der Waals surface area (Å²) in [6.07, 6.45) is 4.64. The number of alkyl carbamates (subject to hydrolysis) is 1. The number of H-pyrrole nitrogens is 1. The van der Waals surface area contributed by atoms with Gasteiger partial charge in [-0.2, -0.15) is 0 Å². The van der Waals surface area contributed by atoms with Crippen molar-refractivity contribution >= 4 is 35.6 Å². The van der Waals surface area contributed by atoms with Crippen molar-refractivity contribution in [2.24, 2.45) is 11.8 Å². The van der Waals surface area contributed by atoms with E-state index in [0.29, 0.717) is 5.92 Å². The molecule has 3 aliphatic rings. The van der Waals surface area contributed by atoms with Gasteiger partial charge >= 0.3 is 13.2 Å². The lowest BCUT2D eigenvalue weighted by molar-refractivity contribution is -0.138. The summed E-state index contributed by atoms with van der Waals surface area (Å²) in [6, 6.07) is 5.34. The molecule has 10 heteroatoms. The molecule has 38 heavy (non-hydrogen) atoms. The molecule has 2 saturated heterocycles. The molecule has 2 N–H and O–H groups in total. The fourth-order valence-electron chi connectivity index (χ4n) is 6.21. The Bertz CT molecular complexity index is 1200. The molecule has 2 aliphatic heterocycles. The molecule has 0 unspecified atom stereocenters. The number of hydrogen-bond acceptors (Lipinski definition) is 6. The number of aromatic nitrogens is 2. The maximum Gasteiger partial charge on any atom is 0.494 e. The Balaban J connectivity index is 1.46. The molecule has 2 amide bonds. The topological polar surface area (TPSA) is 106 Å². The second-order valence-corrected chi connectivity index (χ2v) is 12.5. The Labute approximate surface area is 225 Å². The van der Waals surface area contributed by atoms with Gasteiger partial charge in [0.05, 0.1) is 35.4 Å². The number of amides is 2. The van der Waals surface area contributed by atoms with E-state index in [9.17, 15) is 9.59 Å². The normalized spacial score (nSPS) is 27.0. The van der Waals surface area contributed by atoms with E-state index in [1.165, 1.54) is 13.5 Å². The third kappa shape index (κ3) is 4.70. The van der Waals surface area contributed by atoms with Crippen LogP contribution in [0.2, 0.25) is 0 Å². The Morgan fingerprint density at radius 2 is 1.84 bits per heavy atom. The number of nitrogens with zero attached hydrogens (tertiary/aromatic N) is 2. The van der Waals surface area contributed by atoms with E-state index in [2.05, 4.69) is 10.3 Å². The van der Waals surface area contributed by atoms with Gasteiger partial charge < -0.3 is 29.2 Å². The predicted molar refractivity (Wildman–Crippen MR) is 146 cm³/mol. The molecular weight excluding hydrogens is 483 g/mol. The number of hydrogen-bond donors (Lipinski definition) is 2. The molecule has 4 atom stereocenters. The molecule has 0 bridgehead atoms. The molecule has 206 valence electrons. The molecule has 1 saturated carbocycles. The molecule has 1 aromatic carbocycles. The highest BCUT2D eigenvalue weighted by molar-refractivity contribution is 6.62. The number of rotatable bonds is 5. The lowest BCUT2D eigenvalue weighted by atomic mass is 9.79. The van der Waals surface area contributed by atoms with Gasteiger partial charge in [0.15, 0.2) is 0 Å². The first-order valence-corrected chi connectivity index (χ1v) is 13.9. The lowest BCUT2D eigenvalue weighted by Gasteiger charge is -2.36. The largest absolute Gasteiger partial charge is 0.494 e. The van der Waals surface area contributed by atoms with Crippen LogP contribution in [0.5, 0.6) is 0 Å². The monoisotopic (exact) mass is 524 g/mol. The average molecular weight is 524 g/mol. The minimum atomic E-state index is -0.662. The summed E-state index contributed by atoms with van der Waals surface area (Å²) >= 11 is 0. The number of carbonyl (C=O) groups is 2. The van der Waals surface area contributed by atoms with Crippen molar-refractivity contribution in [2.75, 3.05) is 7.11 Å². The van der Waals surface area contributed by atoms with Gasteiger partial charge in [0.1, 0.15) is 11.9 Å². The highest BCUT2D eigenvalue weighted by Gasteiger charge is 2.52. The first kappa shape index (κ1) is 27.0. The molecule has 9 nitrogen and oxygen atoms in total. The maximum absolute atomic E-state index is 14.0. The summed E-state index contributed by atoms with van der Waals surface area (Å²) in [7, 11) is 0.860. The van der Waals surface area contributed by atoms with Crippen molar-refractivity contribution in [3.8, 4) is 0 Å². The number of likely N-dealkylation sites (tertiary alicyclic amines) is 1. The highest BCUT2D eigenvalue weighted by Crippen LogP contribution is 2.46. The summed E-state index contributed by atoms with van der Waals surface area (Å²) in [5, 5.41) is 2.78. The van der Waals surface area contributed by atoms with Gasteiger partial charge in [-0.15, -0.1) is 0 Å². The van der Waals surface area contributed by atoms with Crippen molar-refractivity contribution in [1.29, 1.82) is 0 Å². The summed E-state index contributed by atoms with van der Waals surface area (Å²) in [4.78, 5) is 36.6. The van der Waals surface area contributed by atoms with Crippen LogP contribution in [0.15, 0.2) is 18.2 Å². The third-order valence-corrected chi connectivity index (χ3v) is 9.10. The molecule has 1 aromatic heterocycles. The lowest BCUT2D eigenvalue weighted by Crippen LogP contribution is -2.53. The number of aromatic amines is 1. The van der Waals surface area contributed by atoms with Crippen LogP contribution >= 0.6 is 0 Å². The van der Waals surface area contributed by atoms with E-state index < -0.39 is 30.5 Å². The van der Waals surface area contributed by atoms with Crippen LogP contribution in [0.3, 0.4) is 0 Å². The Hall–Kier alpha value is -2.59. The number of fused-ring (bicyclic) bond motifs is 2. The molecule has 5 rings (SSSR count). The van der Waals surface area contributed by atoms with E-state index in [4.69, 9.17) is 19.0 Å². The fourth-order valence-corrected chi connectivity index (χ4v) is 6.21. The van der Waals surface area contributed by atoms with Gasteiger partial charge in [-0.1, -0.05) is 32.8 Å². The van der Waals surface area contributed by atoms with Crippen LogP contribution in [-0.2, 0) is 18.8 Å². The number of nitrogens with one attached hydrogen (secondary N) is 2. The van der Waals surface area contributed by atoms with E-state index >= 15 is 0 Å². The standard InChI is InChI=1S/C28H41BN4O5/c1-16(2)23(32-26(35)36-7)25(34)33-21-11-9-8-10-17(21)14-22(33)24-30-19-13-12-18(15-20(19)31-24)29-37-27(3,4)28(5,6)38-29/h12-13,15-17,21-23H,8-11,14H2,1-7H3,(H,30,31)(H,32,35)/t17-,21-,22-,23+/m0/s1. The summed E-state index contributed by atoms with van der Waals surface area (Å²) in [6.45, 7) is 12.1. The summed E-state index contributed by atoms with van der Waals surface area (Å²) < 4.78 is 17.3. The first-order valence-electron chi connectivity index (χ1n) is 13.9. The van der Waals surface area contributed by atoms with E-state index in [-0.39, 0.29) is 23.9 Å². The van der Waals surface area contributed by atoms with Gasteiger partial charge in [0, 0.05) is 6.04 Å². The van der Waals surface area contributed by atoms with E-state index in [1.54, 1.807) is 0 Å². The number of ether oxygens (including phenoxy) is 1. The number of methoxy groups -OCH3 is 1. The first-order chi connectivity index (χ1) is 17.9. The quantitative estimate of drug-likeness (QED) is 0.572. The van der Waals surface area contributed by atoms with Gasteiger partial charge in [0.25, 0.3) is 0 Å². The molecular formula is C28H41BN4O5. The summed E-state index contributed by atoms with van der Waals surface area (Å²) in [5.74, 6) is 1.07. The van der Waals surface area contributed by atoms with Crippen LogP contribution in [-0.4, -0.2) is 64.4 Å². The van der Waals surface area contributed by atoms with Crippen LogP contribution in [0.4, 0.5) is 4.79 Å². The van der Waals surface area contributed by atoms with Crippen LogP contribution in [0, 0.1) is 11.8 Å². The molecule has 1 aliphatic carbocycles. The SMILES string of the molecule is COC(=O)N[C@@H](C(=O)N1[C@H](c2nc3ccc(B4OC(C)(C)C(C)(C)O4)cc3[nH]2)C[C@@H]2CCCC[C@@H]21)C(C)C. The second-order valence-electron chi connectivity index (χ2n) is 12.5. The minimum Gasteiger partial charge on any atom is -0.453 e. The predicted octanol–water partition coefficient (Wildman–Crippen LogP) is 4.07. The second kappa shape index (κ2) is 9.86. The minimum absolute atomic E-state index is 0.0665. The Morgan fingerprint density at radius 1 is 1.16 bits per heavy atom. The smallest absolute Gasteiger partial charge is 0.453 e. The zero-order valence-corrected chi connectivity index (χ0v) is 23.7.